The number of hydrogen-bond donors (Lipinski definition) is 2. The molecular formula is C16H25N3O2. The molecule has 21 heavy (non-hydrogen) atoms. The summed E-state index contributed by atoms with van der Waals surface area (Å²) in [6.45, 7) is 10.1. The number of carbonyl (C=O) groups is 1. The molecule has 1 aliphatic heterocycles. The Morgan fingerprint density at radius 1 is 1.43 bits per heavy atom. The van der Waals surface area contributed by atoms with Gasteiger partial charge in [-0.3, -0.25) is 9.89 Å². The molecule has 5 heteroatoms. The predicted molar refractivity (Wildman–Crippen MR) is 79.4 cm³/mol. The number of aromatic nitrogens is 2. The maximum atomic E-state index is 12.4. The van der Waals surface area contributed by atoms with Gasteiger partial charge < -0.3 is 10.1 Å². The molecule has 2 heterocycles. The van der Waals surface area contributed by atoms with Gasteiger partial charge in [0.15, 0.2) is 0 Å². The number of H-pyrrole nitrogens is 1. The molecule has 0 bridgehead atoms. The predicted octanol–water partition coefficient (Wildman–Crippen LogP) is 2.29. The quantitative estimate of drug-likeness (QED) is 0.894. The summed E-state index contributed by atoms with van der Waals surface area (Å²) in [5.74, 6) is 0.624. The number of rotatable bonds is 4. The highest BCUT2D eigenvalue weighted by molar-refractivity contribution is 5.84. The molecule has 3 rings (SSSR count). The molecule has 5 nitrogen and oxygen atoms in total. The van der Waals surface area contributed by atoms with Crippen molar-refractivity contribution in [3.63, 3.8) is 0 Å². The lowest BCUT2D eigenvalue weighted by Gasteiger charge is -2.18. The van der Waals surface area contributed by atoms with Gasteiger partial charge in [0.05, 0.1) is 12.3 Å². The normalized spacial score (nSPS) is 30.3. The van der Waals surface area contributed by atoms with E-state index in [1.54, 1.807) is 6.20 Å². The van der Waals surface area contributed by atoms with Crippen LogP contribution in [0.2, 0.25) is 0 Å². The fourth-order valence-electron chi connectivity index (χ4n) is 3.81. The summed E-state index contributed by atoms with van der Waals surface area (Å²) in [7, 11) is 0. The Balaban J connectivity index is 1.57. The van der Waals surface area contributed by atoms with E-state index >= 15 is 0 Å². The first-order chi connectivity index (χ1) is 9.85. The molecule has 116 valence electrons. The zero-order valence-corrected chi connectivity index (χ0v) is 13.3. The van der Waals surface area contributed by atoms with E-state index in [9.17, 15) is 4.79 Å². The largest absolute Gasteiger partial charge is 0.373 e. The van der Waals surface area contributed by atoms with E-state index in [0.717, 1.165) is 18.6 Å². The van der Waals surface area contributed by atoms with Crippen molar-refractivity contribution in [2.45, 2.75) is 40.2 Å². The van der Waals surface area contributed by atoms with E-state index in [4.69, 9.17) is 4.74 Å². The smallest absolute Gasteiger partial charge is 0.224 e. The molecule has 0 unspecified atom stereocenters. The summed E-state index contributed by atoms with van der Waals surface area (Å²) in [6, 6.07) is 0. The molecule has 1 saturated carbocycles. The van der Waals surface area contributed by atoms with Crippen LogP contribution in [0.1, 0.15) is 45.8 Å². The number of nitrogens with zero attached hydrogens (tertiary/aromatic N) is 1. The van der Waals surface area contributed by atoms with Crippen LogP contribution in [0.15, 0.2) is 12.4 Å². The second-order valence-electron chi connectivity index (χ2n) is 7.49. The molecule has 2 N–H and O–H groups in total. The van der Waals surface area contributed by atoms with Crippen molar-refractivity contribution in [1.82, 2.24) is 15.5 Å². The van der Waals surface area contributed by atoms with Crippen molar-refractivity contribution in [3.8, 4) is 0 Å². The highest BCUT2D eigenvalue weighted by Gasteiger charge is 2.68. The van der Waals surface area contributed by atoms with Gasteiger partial charge in [0.2, 0.25) is 5.91 Å². The van der Waals surface area contributed by atoms with E-state index in [1.165, 1.54) is 0 Å². The summed E-state index contributed by atoms with van der Waals surface area (Å²) in [5.41, 5.74) is 1.25. The molecule has 0 spiro atoms. The Bertz CT molecular complexity index is 508. The van der Waals surface area contributed by atoms with Crippen LogP contribution in [0.25, 0.3) is 0 Å². The summed E-state index contributed by atoms with van der Waals surface area (Å²) in [5, 5.41) is 9.95. The fourth-order valence-corrected chi connectivity index (χ4v) is 3.81. The molecule has 2 atom stereocenters. The Hall–Kier alpha value is -1.36. The molecule has 1 aliphatic carbocycles. The van der Waals surface area contributed by atoms with E-state index in [-0.39, 0.29) is 28.8 Å². The minimum absolute atomic E-state index is 0.0456. The monoisotopic (exact) mass is 291 g/mol. The highest BCUT2D eigenvalue weighted by Crippen LogP contribution is 2.68. The Morgan fingerprint density at radius 3 is 2.71 bits per heavy atom. The van der Waals surface area contributed by atoms with Crippen LogP contribution >= 0.6 is 0 Å². The fraction of sp³-hybridized carbons (Fsp3) is 0.750. The molecular weight excluding hydrogens is 266 g/mol. The lowest BCUT2D eigenvalue weighted by molar-refractivity contribution is -0.123. The molecule has 1 aromatic heterocycles. The third-order valence-corrected chi connectivity index (χ3v) is 5.88. The summed E-state index contributed by atoms with van der Waals surface area (Å²) >= 11 is 0. The number of aromatic amines is 1. The van der Waals surface area contributed by atoms with Gasteiger partial charge in [0.1, 0.15) is 0 Å². The SMILES string of the molecule is CC1(C)C(C(=O)NC[C@H]2CCO[C@@H]2c2cn[nH]c2)C1(C)C. The second kappa shape index (κ2) is 4.83. The minimum atomic E-state index is 0.0456. The lowest BCUT2D eigenvalue weighted by Crippen LogP contribution is -2.33. The highest BCUT2D eigenvalue weighted by atomic mass is 16.5. The van der Waals surface area contributed by atoms with Crippen LogP contribution in [0, 0.1) is 22.7 Å². The molecule has 1 saturated heterocycles. The summed E-state index contributed by atoms with van der Waals surface area (Å²) < 4.78 is 5.79. The van der Waals surface area contributed by atoms with Crippen LogP contribution in [0.4, 0.5) is 0 Å². The topological polar surface area (TPSA) is 67.0 Å². The number of nitrogens with one attached hydrogen (secondary N) is 2. The molecule has 1 aromatic rings. The first-order valence-electron chi connectivity index (χ1n) is 7.73. The van der Waals surface area contributed by atoms with E-state index in [1.807, 2.05) is 6.20 Å². The van der Waals surface area contributed by atoms with Gasteiger partial charge in [-0.25, -0.2) is 0 Å². The van der Waals surface area contributed by atoms with Crippen molar-refractivity contribution >= 4 is 5.91 Å². The Labute approximate surface area is 125 Å². The summed E-state index contributed by atoms with van der Waals surface area (Å²) in [6.07, 6.45) is 4.70. The van der Waals surface area contributed by atoms with Crippen LogP contribution in [0.3, 0.4) is 0 Å². The molecule has 2 fully saturated rings. The first kappa shape index (κ1) is 14.6. The van der Waals surface area contributed by atoms with Crippen molar-refractivity contribution in [1.29, 1.82) is 0 Å². The van der Waals surface area contributed by atoms with Crippen LogP contribution in [-0.2, 0) is 9.53 Å². The van der Waals surface area contributed by atoms with Crippen molar-refractivity contribution in [2.24, 2.45) is 22.7 Å². The van der Waals surface area contributed by atoms with Crippen LogP contribution in [0.5, 0.6) is 0 Å². The van der Waals surface area contributed by atoms with Crippen molar-refractivity contribution in [3.05, 3.63) is 18.0 Å². The standard InChI is InChI=1S/C16H25N3O2/c1-15(2)13(16(15,3)4)14(20)17-7-10-5-6-21-12(10)11-8-18-19-9-11/h8-10,12-13H,5-7H2,1-4H3,(H,17,20)(H,18,19)/t10-,12+/m1/s1. The van der Waals surface area contributed by atoms with Gasteiger partial charge in [-0.2, -0.15) is 5.10 Å². The lowest BCUT2D eigenvalue weighted by atomic mass is 9.97. The van der Waals surface area contributed by atoms with E-state index in [0.29, 0.717) is 12.5 Å². The van der Waals surface area contributed by atoms with Crippen LogP contribution in [-0.4, -0.2) is 29.3 Å². The van der Waals surface area contributed by atoms with Crippen LogP contribution < -0.4 is 5.32 Å². The molecule has 0 aromatic carbocycles. The first-order valence-corrected chi connectivity index (χ1v) is 7.73. The molecule has 0 radical (unpaired) electrons. The van der Waals surface area contributed by atoms with Gasteiger partial charge in [0, 0.05) is 36.7 Å². The maximum Gasteiger partial charge on any atom is 0.224 e. The third-order valence-electron chi connectivity index (χ3n) is 5.88. The van der Waals surface area contributed by atoms with Gasteiger partial charge in [-0.05, 0) is 17.3 Å². The minimum Gasteiger partial charge on any atom is -0.373 e. The number of carbonyl (C=O) groups excluding carboxylic acids is 1. The van der Waals surface area contributed by atoms with Gasteiger partial charge >= 0.3 is 0 Å². The maximum absolute atomic E-state index is 12.4. The second-order valence-corrected chi connectivity index (χ2v) is 7.49. The van der Waals surface area contributed by atoms with Gasteiger partial charge in [0.25, 0.3) is 0 Å². The average Bonchev–Trinajstić information content (AvgIpc) is 2.94. The van der Waals surface area contributed by atoms with Crippen molar-refractivity contribution in [2.75, 3.05) is 13.2 Å². The van der Waals surface area contributed by atoms with E-state index < -0.39 is 0 Å². The Morgan fingerprint density at radius 2 is 2.14 bits per heavy atom. The van der Waals surface area contributed by atoms with E-state index in [2.05, 4.69) is 43.2 Å². The number of amides is 1. The zero-order chi connectivity index (χ0) is 15.3. The molecule has 1 amide bonds. The Kier molecular flexibility index (Phi) is 3.35. The number of hydrogen-bond acceptors (Lipinski definition) is 3. The summed E-state index contributed by atoms with van der Waals surface area (Å²) in [4.78, 5) is 12.4. The van der Waals surface area contributed by atoms with Crippen molar-refractivity contribution < 1.29 is 9.53 Å². The zero-order valence-electron chi connectivity index (χ0n) is 13.3. The van der Waals surface area contributed by atoms with Gasteiger partial charge in [-0.15, -0.1) is 0 Å². The number of ether oxygens (including phenoxy) is 1. The third kappa shape index (κ3) is 2.27. The average molecular weight is 291 g/mol. The van der Waals surface area contributed by atoms with Gasteiger partial charge in [-0.1, -0.05) is 27.7 Å². The molecule has 2 aliphatic rings.